The Hall–Kier alpha value is -3.88. The van der Waals surface area contributed by atoms with Crippen LogP contribution in [0.3, 0.4) is 0 Å². The van der Waals surface area contributed by atoms with E-state index < -0.39 is 5.82 Å². The molecule has 0 saturated heterocycles. The van der Waals surface area contributed by atoms with Crippen LogP contribution in [0.15, 0.2) is 48.7 Å². The van der Waals surface area contributed by atoms with Crippen LogP contribution in [-0.4, -0.2) is 34.6 Å². The molecule has 1 amide bonds. The van der Waals surface area contributed by atoms with Crippen LogP contribution in [0.2, 0.25) is 0 Å². The number of fused-ring (bicyclic) bond motifs is 1. The number of carbonyl (C=O) groups is 1. The normalized spacial score (nSPS) is 12.9. The van der Waals surface area contributed by atoms with E-state index in [-0.39, 0.29) is 30.0 Å². The first-order chi connectivity index (χ1) is 13.5. The standard InChI is InChI=1S/C19H16FN5O3/c1-25-15-8-12(5-6-16(15)28-10-17(25)27)22-18-14(20)9-21-19(24-18)23-11-3-2-4-13(26)7-11/h2-9,26H,10H2,1H3,(H2,21,22,23,24). The van der Waals surface area contributed by atoms with Gasteiger partial charge in [0.25, 0.3) is 5.91 Å². The molecule has 0 atom stereocenters. The minimum atomic E-state index is -0.639. The molecule has 2 heterocycles. The molecule has 0 radical (unpaired) electrons. The molecule has 142 valence electrons. The van der Waals surface area contributed by atoms with Crippen molar-refractivity contribution in [3.8, 4) is 11.5 Å². The number of nitrogens with one attached hydrogen (secondary N) is 2. The van der Waals surface area contributed by atoms with E-state index >= 15 is 0 Å². The lowest BCUT2D eigenvalue weighted by molar-refractivity contribution is -0.120. The van der Waals surface area contributed by atoms with Gasteiger partial charge in [0.2, 0.25) is 5.95 Å². The number of phenolic OH excluding ortho intramolecular Hbond substituents is 1. The fourth-order valence-electron chi connectivity index (χ4n) is 2.71. The molecule has 2 aromatic carbocycles. The number of rotatable bonds is 4. The molecule has 1 aliphatic heterocycles. The van der Waals surface area contributed by atoms with Crippen molar-refractivity contribution >= 4 is 34.7 Å². The third-order valence-electron chi connectivity index (χ3n) is 4.15. The number of aromatic hydroxyl groups is 1. The highest BCUT2D eigenvalue weighted by Crippen LogP contribution is 2.34. The second kappa shape index (κ2) is 7.03. The first-order valence-electron chi connectivity index (χ1n) is 8.38. The number of amides is 1. The number of halogens is 1. The van der Waals surface area contributed by atoms with E-state index in [0.717, 1.165) is 6.20 Å². The summed E-state index contributed by atoms with van der Waals surface area (Å²) < 4.78 is 19.6. The number of anilines is 5. The van der Waals surface area contributed by atoms with Gasteiger partial charge in [-0.2, -0.15) is 4.98 Å². The quantitative estimate of drug-likeness (QED) is 0.638. The van der Waals surface area contributed by atoms with Crippen LogP contribution in [0.4, 0.5) is 33.2 Å². The van der Waals surface area contributed by atoms with E-state index in [4.69, 9.17) is 4.74 Å². The van der Waals surface area contributed by atoms with Gasteiger partial charge in [-0.15, -0.1) is 0 Å². The van der Waals surface area contributed by atoms with Gasteiger partial charge in [0.1, 0.15) is 11.5 Å². The fraction of sp³-hybridized carbons (Fsp3) is 0.105. The maximum Gasteiger partial charge on any atom is 0.264 e. The first kappa shape index (κ1) is 17.5. The number of benzene rings is 2. The van der Waals surface area contributed by atoms with Crippen molar-refractivity contribution in [2.45, 2.75) is 0 Å². The Balaban J connectivity index is 1.59. The molecule has 9 heteroatoms. The lowest BCUT2D eigenvalue weighted by Gasteiger charge is -2.26. The summed E-state index contributed by atoms with van der Waals surface area (Å²) in [5.41, 5.74) is 1.67. The average molecular weight is 381 g/mol. The van der Waals surface area contributed by atoms with Crippen molar-refractivity contribution < 1.29 is 19.0 Å². The van der Waals surface area contributed by atoms with Crippen molar-refractivity contribution in [2.24, 2.45) is 0 Å². The molecular formula is C19H16FN5O3. The van der Waals surface area contributed by atoms with Gasteiger partial charge in [-0.05, 0) is 30.3 Å². The largest absolute Gasteiger partial charge is 0.508 e. The average Bonchev–Trinajstić information content (AvgIpc) is 2.68. The van der Waals surface area contributed by atoms with Gasteiger partial charge in [0.05, 0.1) is 11.9 Å². The SMILES string of the molecule is CN1C(=O)COc2ccc(Nc3nc(Nc4cccc(O)c4)ncc3F)cc21. The van der Waals surface area contributed by atoms with Gasteiger partial charge in [0, 0.05) is 24.5 Å². The Morgan fingerprint density at radius 3 is 2.82 bits per heavy atom. The number of carbonyl (C=O) groups excluding carboxylic acids is 1. The third kappa shape index (κ3) is 3.50. The molecule has 0 fully saturated rings. The highest BCUT2D eigenvalue weighted by molar-refractivity contribution is 5.98. The smallest absolute Gasteiger partial charge is 0.264 e. The highest BCUT2D eigenvalue weighted by Gasteiger charge is 2.22. The maximum absolute atomic E-state index is 14.2. The van der Waals surface area contributed by atoms with Crippen molar-refractivity contribution in [3.05, 3.63) is 54.5 Å². The molecule has 4 rings (SSSR count). The first-order valence-corrected chi connectivity index (χ1v) is 8.38. The zero-order chi connectivity index (χ0) is 19.7. The number of hydrogen-bond donors (Lipinski definition) is 3. The van der Waals surface area contributed by atoms with E-state index in [2.05, 4.69) is 20.6 Å². The van der Waals surface area contributed by atoms with Crippen molar-refractivity contribution in [1.82, 2.24) is 9.97 Å². The number of likely N-dealkylation sites (N-methyl/N-ethyl adjacent to an activating group) is 1. The summed E-state index contributed by atoms with van der Waals surface area (Å²) in [6, 6.07) is 11.5. The lowest BCUT2D eigenvalue weighted by Crippen LogP contribution is -2.35. The molecule has 0 spiro atoms. The minimum Gasteiger partial charge on any atom is -0.508 e. The Kier molecular flexibility index (Phi) is 4.40. The van der Waals surface area contributed by atoms with Gasteiger partial charge >= 0.3 is 0 Å². The summed E-state index contributed by atoms with van der Waals surface area (Å²) in [5, 5.41) is 15.3. The number of nitrogens with zero attached hydrogens (tertiary/aromatic N) is 3. The molecule has 0 unspecified atom stereocenters. The Bertz CT molecular complexity index is 1060. The Morgan fingerprint density at radius 1 is 1.18 bits per heavy atom. The molecule has 0 aliphatic carbocycles. The van der Waals surface area contributed by atoms with Gasteiger partial charge in [-0.25, -0.2) is 9.37 Å². The highest BCUT2D eigenvalue weighted by atomic mass is 19.1. The summed E-state index contributed by atoms with van der Waals surface area (Å²) in [7, 11) is 1.65. The number of aromatic nitrogens is 2. The number of ether oxygens (including phenoxy) is 1. The van der Waals surface area contributed by atoms with E-state index in [1.54, 1.807) is 37.4 Å². The van der Waals surface area contributed by atoms with Crippen molar-refractivity contribution in [2.75, 3.05) is 29.2 Å². The van der Waals surface area contributed by atoms with Crippen LogP contribution >= 0.6 is 0 Å². The summed E-state index contributed by atoms with van der Waals surface area (Å²) in [6.45, 7) is -0.0130. The molecule has 3 aromatic rings. The summed E-state index contributed by atoms with van der Waals surface area (Å²) in [4.78, 5) is 21.3. The molecule has 28 heavy (non-hydrogen) atoms. The van der Waals surface area contributed by atoms with E-state index in [0.29, 0.717) is 22.8 Å². The second-order valence-corrected chi connectivity index (χ2v) is 6.11. The summed E-state index contributed by atoms with van der Waals surface area (Å²) >= 11 is 0. The van der Waals surface area contributed by atoms with Gasteiger partial charge in [-0.1, -0.05) is 6.07 Å². The zero-order valence-corrected chi connectivity index (χ0v) is 14.8. The van der Waals surface area contributed by atoms with Crippen LogP contribution in [0.25, 0.3) is 0 Å². The van der Waals surface area contributed by atoms with Crippen LogP contribution in [0.1, 0.15) is 0 Å². The van der Waals surface area contributed by atoms with Crippen LogP contribution in [0, 0.1) is 5.82 Å². The predicted molar refractivity (Wildman–Crippen MR) is 102 cm³/mol. The number of phenols is 1. The molecule has 0 saturated carbocycles. The van der Waals surface area contributed by atoms with Crippen LogP contribution < -0.4 is 20.3 Å². The van der Waals surface area contributed by atoms with E-state index in [1.165, 1.54) is 17.0 Å². The molecule has 1 aromatic heterocycles. The summed E-state index contributed by atoms with van der Waals surface area (Å²) in [6.07, 6.45) is 1.04. The minimum absolute atomic E-state index is 0.0130. The molecule has 0 bridgehead atoms. The van der Waals surface area contributed by atoms with Gasteiger partial charge < -0.3 is 25.4 Å². The third-order valence-corrected chi connectivity index (χ3v) is 4.15. The van der Waals surface area contributed by atoms with Crippen molar-refractivity contribution in [3.63, 3.8) is 0 Å². The summed E-state index contributed by atoms with van der Waals surface area (Å²) in [5.74, 6) is -0.0378. The predicted octanol–water partition coefficient (Wildman–Crippen LogP) is 3.16. The topological polar surface area (TPSA) is 99.6 Å². The molecule has 8 nitrogen and oxygen atoms in total. The van der Waals surface area contributed by atoms with Gasteiger partial charge in [-0.3, -0.25) is 4.79 Å². The molecule has 3 N–H and O–H groups in total. The Morgan fingerprint density at radius 2 is 2.00 bits per heavy atom. The monoisotopic (exact) mass is 381 g/mol. The number of hydrogen-bond acceptors (Lipinski definition) is 7. The zero-order valence-electron chi connectivity index (χ0n) is 14.8. The second-order valence-electron chi connectivity index (χ2n) is 6.11. The fourth-order valence-corrected chi connectivity index (χ4v) is 2.71. The molecular weight excluding hydrogens is 365 g/mol. The van der Waals surface area contributed by atoms with Gasteiger partial charge in [0.15, 0.2) is 18.2 Å². The van der Waals surface area contributed by atoms with Crippen LogP contribution in [-0.2, 0) is 4.79 Å². The van der Waals surface area contributed by atoms with E-state index in [1.807, 2.05) is 0 Å². The lowest BCUT2D eigenvalue weighted by atomic mass is 10.2. The van der Waals surface area contributed by atoms with E-state index in [9.17, 15) is 14.3 Å². The van der Waals surface area contributed by atoms with Crippen molar-refractivity contribution in [1.29, 1.82) is 0 Å². The maximum atomic E-state index is 14.2. The van der Waals surface area contributed by atoms with Crippen LogP contribution in [0.5, 0.6) is 11.5 Å². The Labute approximate surface area is 159 Å². The molecule has 1 aliphatic rings.